The van der Waals surface area contributed by atoms with Crippen molar-refractivity contribution < 1.29 is 14.3 Å². The van der Waals surface area contributed by atoms with Crippen molar-refractivity contribution in [1.29, 1.82) is 0 Å². The van der Waals surface area contributed by atoms with Crippen molar-refractivity contribution in [1.82, 2.24) is 10.2 Å². The first kappa shape index (κ1) is 24.0. The van der Waals surface area contributed by atoms with Gasteiger partial charge in [-0.1, -0.05) is 35.3 Å². The number of nitrogens with zero attached hydrogens (tertiary/aromatic N) is 1. The van der Waals surface area contributed by atoms with E-state index < -0.39 is 12.0 Å². The Morgan fingerprint density at radius 3 is 2.31 bits per heavy atom. The Hall–Kier alpha value is -2.61. The van der Waals surface area contributed by atoms with Crippen LogP contribution < -0.4 is 10.6 Å². The number of nitrogens with one attached hydrogen (secondary N) is 2. The average Bonchev–Trinajstić information content (AvgIpc) is 2.73. The highest BCUT2D eigenvalue weighted by molar-refractivity contribution is 7.80. The molecule has 1 aliphatic rings. The number of thiocarbonyl (C=S) groups is 1. The molecule has 32 heavy (non-hydrogen) atoms. The molecular formula is C23H23Cl2N3O3S. The van der Waals surface area contributed by atoms with Gasteiger partial charge in [0.15, 0.2) is 5.11 Å². The van der Waals surface area contributed by atoms with Gasteiger partial charge >= 0.3 is 5.97 Å². The first-order chi connectivity index (χ1) is 15.2. The molecule has 9 heteroatoms. The second-order valence-electron chi connectivity index (χ2n) is 7.08. The number of hydrogen-bond donors (Lipinski definition) is 2. The summed E-state index contributed by atoms with van der Waals surface area (Å²) < 4.78 is 5.29. The minimum absolute atomic E-state index is 0.275. The van der Waals surface area contributed by atoms with E-state index >= 15 is 0 Å². The van der Waals surface area contributed by atoms with E-state index in [0.717, 1.165) is 11.3 Å². The molecule has 1 aliphatic heterocycles. The van der Waals surface area contributed by atoms with Crippen LogP contribution in [0.25, 0.3) is 0 Å². The van der Waals surface area contributed by atoms with Gasteiger partial charge in [0.2, 0.25) is 0 Å². The van der Waals surface area contributed by atoms with E-state index in [1.807, 2.05) is 30.9 Å². The van der Waals surface area contributed by atoms with Gasteiger partial charge in [0.25, 0.3) is 5.91 Å². The third-order valence-corrected chi connectivity index (χ3v) is 5.81. The fourth-order valence-corrected chi connectivity index (χ4v) is 4.44. The zero-order valence-electron chi connectivity index (χ0n) is 17.9. The third kappa shape index (κ3) is 5.23. The van der Waals surface area contributed by atoms with Crippen LogP contribution in [0.2, 0.25) is 10.0 Å². The Bertz CT molecular complexity index is 1070. The molecule has 0 spiro atoms. The Morgan fingerprint density at radius 2 is 1.75 bits per heavy atom. The maximum absolute atomic E-state index is 12.7. The van der Waals surface area contributed by atoms with Crippen LogP contribution in [-0.2, 0) is 9.53 Å². The molecular weight excluding hydrogens is 469 g/mol. The molecule has 0 saturated carbocycles. The number of amides is 1. The van der Waals surface area contributed by atoms with Crippen molar-refractivity contribution in [2.24, 2.45) is 0 Å². The molecule has 1 heterocycles. The van der Waals surface area contributed by atoms with Gasteiger partial charge in [-0.25, -0.2) is 4.79 Å². The summed E-state index contributed by atoms with van der Waals surface area (Å²) in [5, 5.41) is 7.35. The van der Waals surface area contributed by atoms with Gasteiger partial charge in [0.1, 0.15) is 0 Å². The summed E-state index contributed by atoms with van der Waals surface area (Å²) in [6.45, 7) is 6.50. The number of carbonyl (C=O) groups excluding carboxylic acids is 2. The SMILES string of the molecule is CCOC(=O)C1=C(C)N(CC)C(=S)NC1c1ccc(NC(=O)c2cc(Cl)cc(Cl)c2)cc1. The fraction of sp³-hybridized carbons (Fsp3) is 0.261. The van der Waals surface area contributed by atoms with Crippen LogP contribution in [0, 0.1) is 0 Å². The van der Waals surface area contributed by atoms with Crippen LogP contribution >= 0.6 is 35.4 Å². The number of esters is 1. The van der Waals surface area contributed by atoms with Crippen molar-refractivity contribution in [3.63, 3.8) is 0 Å². The van der Waals surface area contributed by atoms with E-state index in [1.54, 1.807) is 37.3 Å². The number of benzene rings is 2. The van der Waals surface area contributed by atoms with Crippen LogP contribution in [0.3, 0.4) is 0 Å². The second-order valence-corrected chi connectivity index (χ2v) is 8.34. The maximum atomic E-state index is 12.7. The molecule has 2 N–H and O–H groups in total. The lowest BCUT2D eigenvalue weighted by atomic mass is 9.95. The Morgan fingerprint density at radius 1 is 1.12 bits per heavy atom. The summed E-state index contributed by atoms with van der Waals surface area (Å²) in [4.78, 5) is 27.1. The minimum Gasteiger partial charge on any atom is -0.463 e. The minimum atomic E-state index is -0.458. The monoisotopic (exact) mass is 491 g/mol. The van der Waals surface area contributed by atoms with E-state index in [0.29, 0.717) is 38.5 Å². The zero-order chi connectivity index (χ0) is 23.4. The first-order valence-corrected chi connectivity index (χ1v) is 11.2. The summed E-state index contributed by atoms with van der Waals surface area (Å²) in [5.74, 6) is -0.723. The van der Waals surface area contributed by atoms with E-state index in [-0.39, 0.29) is 12.5 Å². The van der Waals surface area contributed by atoms with Gasteiger partial charge in [0, 0.05) is 33.5 Å². The lowest BCUT2D eigenvalue weighted by Gasteiger charge is -2.37. The average molecular weight is 492 g/mol. The number of anilines is 1. The predicted molar refractivity (Wildman–Crippen MR) is 131 cm³/mol. The van der Waals surface area contributed by atoms with Crippen LogP contribution in [0.5, 0.6) is 0 Å². The lowest BCUT2D eigenvalue weighted by Crippen LogP contribution is -2.47. The Kier molecular flexibility index (Phi) is 7.77. The third-order valence-electron chi connectivity index (χ3n) is 5.03. The first-order valence-electron chi connectivity index (χ1n) is 10.1. The molecule has 0 fully saturated rings. The fourth-order valence-electron chi connectivity index (χ4n) is 3.53. The van der Waals surface area contributed by atoms with Crippen molar-refractivity contribution in [2.75, 3.05) is 18.5 Å². The zero-order valence-corrected chi connectivity index (χ0v) is 20.2. The smallest absolute Gasteiger partial charge is 0.338 e. The summed E-state index contributed by atoms with van der Waals surface area (Å²) >= 11 is 17.5. The molecule has 0 aliphatic carbocycles. The van der Waals surface area contributed by atoms with Gasteiger partial charge in [-0.3, -0.25) is 4.79 Å². The van der Waals surface area contributed by atoms with E-state index in [2.05, 4.69) is 10.6 Å². The highest BCUT2D eigenvalue weighted by atomic mass is 35.5. The largest absolute Gasteiger partial charge is 0.463 e. The standard InChI is InChI=1S/C23H23Cl2N3O3S/c1-4-28-13(3)19(22(30)31-5-2)20(27-23(28)32)14-6-8-18(9-7-14)26-21(29)15-10-16(24)12-17(25)11-15/h6-12,20H,4-5H2,1-3H3,(H,26,29)(H,27,32). The van der Waals surface area contributed by atoms with Crippen molar-refractivity contribution in [2.45, 2.75) is 26.8 Å². The molecule has 2 aromatic rings. The Labute approximate surface area is 202 Å². The number of halogens is 2. The Balaban J connectivity index is 1.86. The molecule has 2 aromatic carbocycles. The quantitative estimate of drug-likeness (QED) is 0.420. The number of ether oxygens (including phenoxy) is 1. The van der Waals surface area contributed by atoms with Crippen LogP contribution in [0.1, 0.15) is 42.7 Å². The van der Waals surface area contributed by atoms with Gasteiger partial charge < -0.3 is 20.3 Å². The molecule has 0 bridgehead atoms. The molecule has 1 atom stereocenters. The molecule has 0 aromatic heterocycles. The lowest BCUT2D eigenvalue weighted by molar-refractivity contribution is -0.139. The van der Waals surface area contributed by atoms with Crippen molar-refractivity contribution in [3.05, 3.63) is 74.9 Å². The van der Waals surface area contributed by atoms with E-state index in [1.165, 1.54) is 0 Å². The van der Waals surface area contributed by atoms with Gasteiger partial charge in [-0.2, -0.15) is 0 Å². The summed E-state index contributed by atoms with van der Waals surface area (Å²) in [6, 6.07) is 11.4. The number of hydrogen-bond acceptors (Lipinski definition) is 4. The molecule has 1 amide bonds. The summed E-state index contributed by atoms with van der Waals surface area (Å²) in [5.41, 5.74) is 3.02. The topological polar surface area (TPSA) is 70.7 Å². The molecule has 168 valence electrons. The van der Waals surface area contributed by atoms with Crippen molar-refractivity contribution >= 4 is 58.1 Å². The van der Waals surface area contributed by atoms with Gasteiger partial charge in [-0.15, -0.1) is 0 Å². The van der Waals surface area contributed by atoms with Gasteiger partial charge in [0.05, 0.1) is 18.2 Å². The van der Waals surface area contributed by atoms with E-state index in [4.69, 9.17) is 40.2 Å². The molecule has 0 radical (unpaired) electrons. The number of rotatable bonds is 6. The molecule has 1 unspecified atom stereocenters. The van der Waals surface area contributed by atoms with Crippen LogP contribution in [-0.4, -0.2) is 35.0 Å². The predicted octanol–water partition coefficient (Wildman–Crippen LogP) is 5.33. The van der Waals surface area contributed by atoms with Crippen molar-refractivity contribution in [3.8, 4) is 0 Å². The highest BCUT2D eigenvalue weighted by Crippen LogP contribution is 2.32. The van der Waals surface area contributed by atoms with Crippen LogP contribution in [0.15, 0.2) is 53.7 Å². The maximum Gasteiger partial charge on any atom is 0.338 e. The number of carbonyl (C=O) groups is 2. The van der Waals surface area contributed by atoms with Gasteiger partial charge in [-0.05, 0) is 68.9 Å². The van der Waals surface area contributed by atoms with Crippen LogP contribution in [0.4, 0.5) is 5.69 Å². The molecule has 3 rings (SSSR count). The normalized spacial score (nSPS) is 16.0. The number of allylic oxidation sites excluding steroid dienone is 1. The second kappa shape index (κ2) is 10.3. The highest BCUT2D eigenvalue weighted by Gasteiger charge is 2.34. The molecule has 0 saturated heterocycles. The molecule has 6 nitrogen and oxygen atoms in total. The summed E-state index contributed by atoms with van der Waals surface area (Å²) in [6.07, 6.45) is 0. The summed E-state index contributed by atoms with van der Waals surface area (Å²) in [7, 11) is 0. The van der Waals surface area contributed by atoms with E-state index in [9.17, 15) is 9.59 Å².